The second-order valence-electron chi connectivity index (χ2n) is 10.8. The Labute approximate surface area is 223 Å². The Hall–Kier alpha value is -4.03. The Bertz CT molecular complexity index is 1430. The van der Waals surface area contributed by atoms with E-state index in [0.717, 1.165) is 18.9 Å². The summed E-state index contributed by atoms with van der Waals surface area (Å²) in [4.78, 5) is 35.0. The summed E-state index contributed by atoms with van der Waals surface area (Å²) < 4.78 is 42.1. The normalized spacial score (nSPS) is 19.7. The van der Waals surface area contributed by atoms with Gasteiger partial charge in [-0.3, -0.25) is 4.79 Å². The highest BCUT2D eigenvalue weighted by molar-refractivity contribution is 5.98. The largest absolute Gasteiger partial charge is 0.495 e. The number of piperidine rings is 1. The van der Waals surface area contributed by atoms with Crippen molar-refractivity contribution in [3.05, 3.63) is 35.4 Å². The highest BCUT2D eigenvalue weighted by atomic mass is 19.1. The minimum absolute atomic E-state index is 0.0460. The van der Waals surface area contributed by atoms with Crippen molar-refractivity contribution in [3.8, 4) is 17.1 Å². The average molecular weight is 544 g/mol. The van der Waals surface area contributed by atoms with Gasteiger partial charge in [0.25, 0.3) is 5.91 Å². The molecule has 11 nitrogen and oxygen atoms in total. The summed E-state index contributed by atoms with van der Waals surface area (Å²) in [5.41, 5.74) is 6.19. The number of nitrogens with one attached hydrogen (secondary N) is 1. The van der Waals surface area contributed by atoms with Gasteiger partial charge in [-0.15, -0.1) is 0 Å². The molecule has 0 radical (unpaired) electrons. The second kappa shape index (κ2) is 9.93. The molecule has 1 aliphatic heterocycles. The number of imidazole rings is 1. The monoisotopic (exact) mass is 543 g/mol. The minimum atomic E-state index is -1.36. The van der Waals surface area contributed by atoms with Gasteiger partial charge in [0.2, 0.25) is 0 Å². The zero-order valence-electron chi connectivity index (χ0n) is 22.2. The summed E-state index contributed by atoms with van der Waals surface area (Å²) in [6.07, 6.45) is 0.0222. The van der Waals surface area contributed by atoms with Crippen molar-refractivity contribution in [2.75, 3.05) is 25.5 Å². The van der Waals surface area contributed by atoms with E-state index in [4.69, 9.17) is 15.2 Å². The maximum absolute atomic E-state index is 14.9. The first-order chi connectivity index (χ1) is 18.4. The van der Waals surface area contributed by atoms with Crippen LogP contribution in [-0.4, -0.2) is 74.5 Å². The van der Waals surface area contributed by atoms with Crippen molar-refractivity contribution >= 4 is 23.5 Å². The van der Waals surface area contributed by atoms with Crippen molar-refractivity contribution in [2.45, 2.75) is 63.8 Å². The Morgan fingerprint density at radius 3 is 2.56 bits per heavy atom. The van der Waals surface area contributed by atoms with Gasteiger partial charge in [0.15, 0.2) is 23.0 Å². The molecule has 0 aromatic carbocycles. The van der Waals surface area contributed by atoms with E-state index in [1.807, 2.05) is 0 Å². The van der Waals surface area contributed by atoms with Gasteiger partial charge in [0.1, 0.15) is 28.9 Å². The maximum Gasteiger partial charge on any atom is 0.410 e. The number of hydrogen-bond donors (Lipinski definition) is 2. The molecule has 3 aromatic heterocycles. The Balaban J connectivity index is 1.49. The maximum atomic E-state index is 14.9. The molecule has 1 saturated carbocycles. The number of nitrogens with zero attached hydrogens (tertiary/aromatic N) is 5. The molecule has 2 aliphatic rings. The molecular weight excluding hydrogens is 512 g/mol. The number of amides is 2. The van der Waals surface area contributed by atoms with Crippen molar-refractivity contribution in [2.24, 2.45) is 5.73 Å². The summed E-state index contributed by atoms with van der Waals surface area (Å²) in [6.45, 7) is 5.35. The number of rotatable bonds is 6. The van der Waals surface area contributed by atoms with Gasteiger partial charge < -0.3 is 25.4 Å². The van der Waals surface area contributed by atoms with Crippen LogP contribution in [-0.2, 0) is 4.74 Å². The zero-order chi connectivity index (χ0) is 28.1. The first kappa shape index (κ1) is 26.6. The van der Waals surface area contributed by atoms with E-state index in [1.54, 1.807) is 26.8 Å². The Morgan fingerprint density at radius 2 is 1.92 bits per heavy atom. The lowest BCUT2D eigenvalue weighted by atomic mass is 10.0. The van der Waals surface area contributed by atoms with Crippen LogP contribution in [0.15, 0.2) is 18.2 Å². The third-order valence-corrected chi connectivity index (χ3v) is 6.61. The topological polar surface area (TPSA) is 137 Å². The Kier molecular flexibility index (Phi) is 6.77. The smallest absolute Gasteiger partial charge is 0.410 e. The molecule has 0 bridgehead atoms. The van der Waals surface area contributed by atoms with Gasteiger partial charge in [0.05, 0.1) is 18.8 Å². The molecule has 2 fully saturated rings. The van der Waals surface area contributed by atoms with Crippen LogP contribution in [0.5, 0.6) is 5.75 Å². The van der Waals surface area contributed by atoms with Crippen LogP contribution >= 0.6 is 0 Å². The molecule has 208 valence electrons. The summed E-state index contributed by atoms with van der Waals surface area (Å²) >= 11 is 0. The number of carbonyl (C=O) groups excluding carboxylic acids is 2. The molecule has 0 unspecified atom stereocenters. The van der Waals surface area contributed by atoms with E-state index < -0.39 is 35.6 Å². The van der Waals surface area contributed by atoms with E-state index in [9.17, 15) is 18.4 Å². The number of fused-ring (bicyclic) bond motifs is 1. The lowest BCUT2D eigenvalue weighted by Crippen LogP contribution is -2.52. The van der Waals surface area contributed by atoms with Crippen LogP contribution in [0.25, 0.3) is 17.0 Å². The number of ether oxygens (including phenoxy) is 2. The summed E-state index contributed by atoms with van der Waals surface area (Å²) in [7, 11) is 1.53. The lowest BCUT2D eigenvalue weighted by Gasteiger charge is -2.36. The minimum Gasteiger partial charge on any atom is -0.495 e. The number of nitrogens with two attached hydrogens (primary N) is 1. The van der Waals surface area contributed by atoms with Crippen LogP contribution in [0.2, 0.25) is 0 Å². The van der Waals surface area contributed by atoms with E-state index >= 15 is 0 Å². The summed E-state index contributed by atoms with van der Waals surface area (Å²) in [6, 6.07) is 3.26. The molecule has 3 aromatic rings. The SMILES string of the molecule is COc1cc2nc(C(N)=O)c(-c3ccc(F)c(N[C@H]4CN(C(=O)OC(C)(C)C)CC[C@@H]4F)n3)n2nc1C1CC1. The fourth-order valence-corrected chi connectivity index (χ4v) is 4.58. The van der Waals surface area contributed by atoms with Gasteiger partial charge in [-0.25, -0.2) is 28.1 Å². The highest BCUT2D eigenvalue weighted by Gasteiger charge is 2.35. The van der Waals surface area contributed by atoms with E-state index in [0.29, 0.717) is 17.1 Å². The van der Waals surface area contributed by atoms with Crippen LogP contribution in [0.4, 0.5) is 19.4 Å². The van der Waals surface area contributed by atoms with Crippen molar-refractivity contribution in [3.63, 3.8) is 0 Å². The van der Waals surface area contributed by atoms with E-state index in [2.05, 4.69) is 20.4 Å². The molecule has 1 saturated heterocycles. The van der Waals surface area contributed by atoms with Crippen LogP contribution < -0.4 is 15.8 Å². The quantitative estimate of drug-likeness (QED) is 0.481. The van der Waals surface area contributed by atoms with Crippen LogP contribution in [0.3, 0.4) is 0 Å². The Morgan fingerprint density at radius 1 is 1.18 bits per heavy atom. The molecule has 13 heteroatoms. The fraction of sp³-hybridized carbons (Fsp3) is 0.500. The number of likely N-dealkylation sites (tertiary alicyclic amines) is 1. The first-order valence-corrected chi connectivity index (χ1v) is 12.8. The second-order valence-corrected chi connectivity index (χ2v) is 10.8. The third-order valence-electron chi connectivity index (χ3n) is 6.61. The number of primary amides is 1. The number of hydrogen-bond acceptors (Lipinski definition) is 8. The number of aromatic nitrogens is 4. The zero-order valence-corrected chi connectivity index (χ0v) is 22.2. The summed E-state index contributed by atoms with van der Waals surface area (Å²) in [5.74, 6) is -1.02. The molecular formula is C26H31F2N7O4. The number of anilines is 1. The van der Waals surface area contributed by atoms with Crippen molar-refractivity contribution < 1.29 is 27.8 Å². The van der Waals surface area contributed by atoms with Gasteiger partial charge >= 0.3 is 6.09 Å². The first-order valence-electron chi connectivity index (χ1n) is 12.8. The number of methoxy groups -OCH3 is 1. The molecule has 4 heterocycles. The molecule has 3 N–H and O–H groups in total. The molecule has 5 rings (SSSR count). The predicted octanol–water partition coefficient (Wildman–Crippen LogP) is 3.67. The number of carbonyl (C=O) groups is 2. The molecule has 1 aliphatic carbocycles. The standard InChI is InChI=1S/C26H31F2N7O4/c1-26(2,3)39-25(37)34-10-9-14(27)17(12-34)31-24-15(28)7-8-16(30-24)22-21(23(29)36)32-19-11-18(38-4)20(13-5-6-13)33-35(19)22/h7-8,11,13-14,17H,5-6,9-10,12H2,1-4H3,(H2,29,36)(H,30,31)/t14-,17-/m0/s1. The van der Waals surface area contributed by atoms with Gasteiger partial charge in [0, 0.05) is 25.1 Å². The van der Waals surface area contributed by atoms with Crippen molar-refractivity contribution in [1.29, 1.82) is 0 Å². The van der Waals surface area contributed by atoms with Gasteiger partial charge in [-0.2, -0.15) is 5.10 Å². The fourth-order valence-electron chi connectivity index (χ4n) is 4.58. The van der Waals surface area contributed by atoms with Gasteiger partial charge in [-0.05, 0) is 52.2 Å². The lowest BCUT2D eigenvalue weighted by molar-refractivity contribution is 0.0150. The molecule has 2 amide bonds. The predicted molar refractivity (Wildman–Crippen MR) is 138 cm³/mol. The highest BCUT2D eigenvalue weighted by Crippen LogP contribution is 2.43. The number of pyridine rings is 1. The third kappa shape index (κ3) is 5.43. The van der Waals surface area contributed by atoms with Crippen molar-refractivity contribution in [1.82, 2.24) is 24.5 Å². The summed E-state index contributed by atoms with van der Waals surface area (Å²) in [5, 5.41) is 7.48. The number of halogens is 2. The molecule has 39 heavy (non-hydrogen) atoms. The average Bonchev–Trinajstić information content (AvgIpc) is 3.64. The van der Waals surface area contributed by atoms with Gasteiger partial charge in [-0.1, -0.05) is 0 Å². The van der Waals surface area contributed by atoms with E-state index in [-0.39, 0.29) is 48.3 Å². The van der Waals surface area contributed by atoms with Crippen LogP contribution in [0.1, 0.15) is 62.1 Å². The van der Waals surface area contributed by atoms with E-state index in [1.165, 1.54) is 22.6 Å². The van der Waals surface area contributed by atoms with Crippen LogP contribution in [0, 0.1) is 5.82 Å². The number of alkyl halides is 1. The molecule has 0 spiro atoms. The molecule has 2 atom stereocenters.